The van der Waals surface area contributed by atoms with Crippen LogP contribution in [-0.2, 0) is 0 Å². The lowest BCUT2D eigenvalue weighted by Gasteiger charge is -2.32. The van der Waals surface area contributed by atoms with Crippen LogP contribution < -0.4 is 16.4 Å². The SMILES string of the molecule is CCNC(=NCC(c1ccc(Cl)cc1)N(C)C)NC1CCN(C(N)=O)CC1.I. The number of nitrogens with one attached hydrogen (secondary N) is 2. The minimum Gasteiger partial charge on any atom is -0.357 e. The third kappa shape index (κ3) is 7.63. The summed E-state index contributed by atoms with van der Waals surface area (Å²) < 4.78 is 0. The number of nitrogens with two attached hydrogens (primary N) is 1. The van der Waals surface area contributed by atoms with Gasteiger partial charge in [0.15, 0.2) is 5.96 Å². The first-order valence-corrected chi connectivity index (χ1v) is 9.79. The number of hydrogen-bond donors (Lipinski definition) is 3. The van der Waals surface area contributed by atoms with E-state index in [1.807, 2.05) is 24.3 Å². The number of aliphatic imine (C=N–C) groups is 1. The molecule has 2 rings (SSSR count). The molecule has 158 valence electrons. The van der Waals surface area contributed by atoms with E-state index in [0.717, 1.165) is 30.4 Å². The largest absolute Gasteiger partial charge is 0.357 e. The van der Waals surface area contributed by atoms with Crippen molar-refractivity contribution in [3.8, 4) is 0 Å². The van der Waals surface area contributed by atoms with Gasteiger partial charge in [0.25, 0.3) is 0 Å². The van der Waals surface area contributed by atoms with Gasteiger partial charge >= 0.3 is 6.03 Å². The van der Waals surface area contributed by atoms with E-state index in [-0.39, 0.29) is 42.1 Å². The Balaban J connectivity index is 0.00000392. The number of benzene rings is 1. The van der Waals surface area contributed by atoms with Crippen LogP contribution in [0.3, 0.4) is 0 Å². The van der Waals surface area contributed by atoms with Crippen LogP contribution >= 0.6 is 35.6 Å². The standard InChI is InChI=1S/C19H31ClN6O.HI/c1-4-22-19(24-16-9-11-26(12-10-16)18(21)27)23-13-17(25(2)3)14-5-7-15(20)8-6-14;/h5-8,16-17H,4,9-13H2,1-3H3,(H2,21,27)(H2,22,23,24);1H. The van der Waals surface area contributed by atoms with Gasteiger partial charge in [-0.2, -0.15) is 0 Å². The van der Waals surface area contributed by atoms with Crippen LogP contribution in [0.4, 0.5) is 4.79 Å². The van der Waals surface area contributed by atoms with Crippen molar-refractivity contribution in [2.24, 2.45) is 10.7 Å². The number of piperidine rings is 1. The van der Waals surface area contributed by atoms with Crippen LogP contribution in [0.2, 0.25) is 5.02 Å². The van der Waals surface area contributed by atoms with E-state index in [9.17, 15) is 4.79 Å². The van der Waals surface area contributed by atoms with Crippen molar-refractivity contribution in [1.82, 2.24) is 20.4 Å². The summed E-state index contributed by atoms with van der Waals surface area (Å²) in [6.07, 6.45) is 1.73. The number of hydrogen-bond acceptors (Lipinski definition) is 3. The molecule has 1 aromatic carbocycles. The summed E-state index contributed by atoms with van der Waals surface area (Å²) in [5, 5.41) is 7.54. The molecule has 9 heteroatoms. The Morgan fingerprint density at radius 1 is 1.32 bits per heavy atom. The predicted molar refractivity (Wildman–Crippen MR) is 127 cm³/mol. The van der Waals surface area contributed by atoms with Crippen LogP contribution in [0.5, 0.6) is 0 Å². The molecule has 1 aliphatic rings. The van der Waals surface area contributed by atoms with Gasteiger partial charge < -0.3 is 26.2 Å². The summed E-state index contributed by atoms with van der Waals surface area (Å²) in [4.78, 5) is 19.9. The highest BCUT2D eigenvalue weighted by atomic mass is 127. The number of nitrogens with zero attached hydrogens (tertiary/aromatic N) is 3. The maximum atomic E-state index is 11.3. The first-order chi connectivity index (χ1) is 12.9. The van der Waals surface area contributed by atoms with Crippen molar-refractivity contribution in [2.45, 2.75) is 31.8 Å². The van der Waals surface area contributed by atoms with Gasteiger partial charge in [0, 0.05) is 30.7 Å². The fraction of sp³-hybridized carbons (Fsp3) is 0.579. The predicted octanol–water partition coefficient (Wildman–Crippen LogP) is 2.66. The molecule has 0 aromatic heterocycles. The lowest BCUT2D eigenvalue weighted by Crippen LogP contribution is -2.50. The molecule has 2 amide bonds. The zero-order valence-electron chi connectivity index (χ0n) is 16.8. The Morgan fingerprint density at radius 3 is 2.43 bits per heavy atom. The van der Waals surface area contributed by atoms with Crippen molar-refractivity contribution in [3.05, 3.63) is 34.9 Å². The monoisotopic (exact) mass is 522 g/mol. The van der Waals surface area contributed by atoms with E-state index in [0.29, 0.717) is 19.6 Å². The van der Waals surface area contributed by atoms with Crippen LogP contribution in [0.25, 0.3) is 0 Å². The van der Waals surface area contributed by atoms with Crippen LogP contribution in [0.15, 0.2) is 29.3 Å². The molecule has 1 aromatic rings. The molecule has 7 nitrogen and oxygen atoms in total. The van der Waals surface area contributed by atoms with Crippen LogP contribution in [0, 0.1) is 0 Å². The van der Waals surface area contributed by atoms with Gasteiger partial charge in [0.05, 0.1) is 12.6 Å². The van der Waals surface area contributed by atoms with Gasteiger partial charge in [-0.3, -0.25) is 4.99 Å². The van der Waals surface area contributed by atoms with Gasteiger partial charge in [-0.25, -0.2) is 4.79 Å². The average Bonchev–Trinajstić information content (AvgIpc) is 2.63. The molecule has 1 heterocycles. The molecule has 0 spiro atoms. The van der Waals surface area contributed by atoms with Crippen molar-refractivity contribution >= 4 is 47.6 Å². The lowest BCUT2D eigenvalue weighted by molar-refractivity contribution is 0.188. The molecule has 0 saturated carbocycles. The Kier molecular flexibility index (Phi) is 10.9. The van der Waals surface area contributed by atoms with Gasteiger partial charge in [0.2, 0.25) is 0 Å². The number of urea groups is 1. The second kappa shape index (κ2) is 12.3. The van der Waals surface area contributed by atoms with Gasteiger partial charge in [-0.1, -0.05) is 23.7 Å². The van der Waals surface area contributed by atoms with E-state index in [1.54, 1.807) is 4.90 Å². The summed E-state index contributed by atoms with van der Waals surface area (Å²) >= 11 is 6.01. The maximum Gasteiger partial charge on any atom is 0.314 e. The quantitative estimate of drug-likeness (QED) is 0.305. The highest BCUT2D eigenvalue weighted by Crippen LogP contribution is 2.21. The molecule has 4 N–H and O–H groups in total. The Morgan fingerprint density at radius 2 is 1.93 bits per heavy atom. The number of guanidine groups is 1. The summed E-state index contributed by atoms with van der Waals surface area (Å²) in [6.45, 7) is 4.83. The highest BCUT2D eigenvalue weighted by Gasteiger charge is 2.22. The second-order valence-electron chi connectivity index (χ2n) is 6.99. The normalized spacial score (nSPS) is 16.5. The van der Waals surface area contributed by atoms with Crippen molar-refractivity contribution < 1.29 is 4.79 Å². The van der Waals surface area contributed by atoms with Gasteiger partial charge in [-0.05, 0) is 51.6 Å². The Hall–Kier alpha value is -1.26. The minimum absolute atomic E-state index is 0. The molecule has 1 atom stereocenters. The van der Waals surface area contributed by atoms with Crippen LogP contribution in [0.1, 0.15) is 31.4 Å². The highest BCUT2D eigenvalue weighted by molar-refractivity contribution is 14.0. The van der Waals surface area contributed by atoms with Gasteiger partial charge in [0.1, 0.15) is 0 Å². The van der Waals surface area contributed by atoms with E-state index in [4.69, 9.17) is 22.3 Å². The number of amides is 2. The fourth-order valence-corrected chi connectivity index (χ4v) is 3.31. The smallest absolute Gasteiger partial charge is 0.314 e. The third-order valence-electron chi connectivity index (χ3n) is 4.79. The molecule has 1 saturated heterocycles. The summed E-state index contributed by atoms with van der Waals surface area (Å²) in [7, 11) is 4.10. The average molecular weight is 523 g/mol. The van der Waals surface area contributed by atoms with E-state index < -0.39 is 0 Å². The zero-order chi connectivity index (χ0) is 19.8. The fourth-order valence-electron chi connectivity index (χ4n) is 3.19. The maximum absolute atomic E-state index is 11.3. The minimum atomic E-state index is -0.342. The lowest BCUT2D eigenvalue weighted by atomic mass is 10.1. The molecule has 1 unspecified atom stereocenters. The third-order valence-corrected chi connectivity index (χ3v) is 5.04. The van der Waals surface area contributed by atoms with Crippen molar-refractivity contribution in [2.75, 3.05) is 40.3 Å². The molecule has 0 aliphatic carbocycles. The molecule has 0 radical (unpaired) electrons. The summed E-state index contributed by atoms with van der Waals surface area (Å²) in [5.74, 6) is 0.802. The molecule has 0 bridgehead atoms. The molecule has 1 aliphatic heterocycles. The van der Waals surface area contributed by atoms with E-state index in [2.05, 4.69) is 36.6 Å². The summed E-state index contributed by atoms with van der Waals surface area (Å²) in [6, 6.07) is 8.01. The van der Waals surface area contributed by atoms with Crippen molar-refractivity contribution in [3.63, 3.8) is 0 Å². The molecule has 1 fully saturated rings. The first kappa shape index (κ1) is 24.8. The Labute approximate surface area is 190 Å². The summed E-state index contributed by atoms with van der Waals surface area (Å²) in [5.41, 5.74) is 6.53. The van der Waals surface area contributed by atoms with Crippen LogP contribution in [-0.4, -0.2) is 68.1 Å². The number of carbonyl (C=O) groups excluding carboxylic acids is 1. The number of carbonyl (C=O) groups is 1. The topological polar surface area (TPSA) is 86.0 Å². The zero-order valence-corrected chi connectivity index (χ0v) is 19.9. The number of rotatable bonds is 6. The second-order valence-corrected chi connectivity index (χ2v) is 7.43. The first-order valence-electron chi connectivity index (χ1n) is 9.41. The number of likely N-dealkylation sites (tertiary alicyclic amines) is 1. The number of likely N-dealkylation sites (N-methyl/N-ethyl adjacent to an activating group) is 1. The molecular weight excluding hydrogens is 491 g/mol. The number of halogens is 2. The van der Waals surface area contributed by atoms with E-state index >= 15 is 0 Å². The Bertz CT molecular complexity index is 632. The van der Waals surface area contributed by atoms with Gasteiger partial charge in [-0.15, -0.1) is 24.0 Å². The molecule has 28 heavy (non-hydrogen) atoms. The van der Waals surface area contributed by atoms with E-state index in [1.165, 1.54) is 5.56 Å². The number of primary amides is 1. The molecular formula is C19H32ClIN6O. The van der Waals surface area contributed by atoms with Crippen molar-refractivity contribution in [1.29, 1.82) is 0 Å².